The summed E-state index contributed by atoms with van der Waals surface area (Å²) in [6.07, 6.45) is 3.72. The number of rotatable bonds is 7. The molecule has 5 N–H and O–H groups in total. The van der Waals surface area contributed by atoms with E-state index in [2.05, 4.69) is 23.8 Å². The van der Waals surface area contributed by atoms with E-state index >= 15 is 0 Å². The Kier molecular flexibility index (Phi) is 6.29. The number of carbonyl (C=O) groups is 1. The minimum atomic E-state index is -0.0741. The number of unbranched alkanes of at least 4 members (excludes halogenated alkanes) is 1. The van der Waals surface area contributed by atoms with E-state index in [0.29, 0.717) is 18.7 Å². The van der Waals surface area contributed by atoms with Gasteiger partial charge < -0.3 is 16.8 Å². The molecule has 0 spiro atoms. The summed E-state index contributed by atoms with van der Waals surface area (Å²) in [6, 6.07) is 5.41. The van der Waals surface area contributed by atoms with Gasteiger partial charge in [0, 0.05) is 12.1 Å². The Labute approximate surface area is 119 Å². The van der Waals surface area contributed by atoms with Crippen LogP contribution >= 0.6 is 0 Å². The zero-order valence-corrected chi connectivity index (χ0v) is 11.9. The molecular weight excluding hydrogens is 252 g/mol. The molecule has 0 atom stereocenters. The molecule has 0 saturated heterocycles. The van der Waals surface area contributed by atoms with Crippen molar-refractivity contribution in [3.05, 3.63) is 41.5 Å². The van der Waals surface area contributed by atoms with Crippen LogP contribution in [0, 0.1) is 0 Å². The second kappa shape index (κ2) is 7.99. The largest absolute Gasteiger partial charge is 0.370 e. The van der Waals surface area contributed by atoms with E-state index < -0.39 is 0 Å². The lowest BCUT2D eigenvalue weighted by Crippen LogP contribution is -2.24. The quantitative estimate of drug-likeness (QED) is 0.401. The number of nitrogens with two attached hydrogens (primary N) is 2. The van der Waals surface area contributed by atoms with E-state index in [9.17, 15) is 4.79 Å². The Bertz CT molecular complexity index is 505. The summed E-state index contributed by atoms with van der Waals surface area (Å²) in [5.74, 6) is -0.0312. The summed E-state index contributed by atoms with van der Waals surface area (Å²) in [6.45, 7) is 6.90. The Morgan fingerprint density at radius 3 is 2.80 bits per heavy atom. The molecular formula is C15H22N4O. The molecule has 0 heterocycles. The average molecular weight is 274 g/mol. The number of hydrogen-bond donors (Lipinski definition) is 3. The number of nitrogens with one attached hydrogen (secondary N) is 1. The fourth-order valence-electron chi connectivity index (χ4n) is 1.73. The van der Waals surface area contributed by atoms with E-state index in [4.69, 9.17) is 11.5 Å². The monoisotopic (exact) mass is 274 g/mol. The molecule has 108 valence electrons. The normalized spacial score (nSPS) is 9.85. The van der Waals surface area contributed by atoms with Gasteiger partial charge in [0.05, 0.1) is 6.54 Å². The topological polar surface area (TPSA) is 93.5 Å². The van der Waals surface area contributed by atoms with Crippen LogP contribution in [0.2, 0.25) is 0 Å². The maximum atomic E-state index is 12.0. The SMILES string of the molecule is C=Cc1cc(C(=O)NCCCC)ccc1CN=C(N)N. The van der Waals surface area contributed by atoms with Crippen molar-refractivity contribution in [1.82, 2.24) is 5.32 Å². The first-order chi connectivity index (χ1) is 9.58. The maximum absolute atomic E-state index is 12.0. The van der Waals surface area contributed by atoms with Crippen LogP contribution in [0.5, 0.6) is 0 Å². The lowest BCUT2D eigenvalue weighted by atomic mass is 10.0. The molecule has 0 bridgehead atoms. The summed E-state index contributed by atoms with van der Waals surface area (Å²) >= 11 is 0. The Morgan fingerprint density at radius 2 is 2.20 bits per heavy atom. The van der Waals surface area contributed by atoms with Gasteiger partial charge in [-0.25, -0.2) is 4.99 Å². The van der Waals surface area contributed by atoms with Crippen LogP contribution in [-0.2, 0) is 6.54 Å². The molecule has 0 aliphatic heterocycles. The number of nitrogens with zero attached hydrogens (tertiary/aromatic N) is 1. The van der Waals surface area contributed by atoms with Crippen LogP contribution in [0.1, 0.15) is 41.3 Å². The fraction of sp³-hybridized carbons (Fsp3) is 0.333. The highest BCUT2D eigenvalue weighted by atomic mass is 16.1. The zero-order chi connectivity index (χ0) is 15.0. The molecule has 5 heteroatoms. The molecule has 0 aliphatic rings. The number of amides is 1. The lowest BCUT2D eigenvalue weighted by molar-refractivity contribution is 0.0953. The minimum absolute atomic E-state index is 0.0430. The third-order valence-electron chi connectivity index (χ3n) is 2.88. The van der Waals surface area contributed by atoms with E-state index in [-0.39, 0.29) is 11.9 Å². The lowest BCUT2D eigenvalue weighted by Gasteiger charge is -2.08. The second-order valence-electron chi connectivity index (χ2n) is 4.47. The molecule has 0 aromatic heterocycles. The van der Waals surface area contributed by atoms with Gasteiger partial charge in [0.15, 0.2) is 5.96 Å². The molecule has 1 rings (SSSR count). The van der Waals surface area contributed by atoms with Crippen molar-refractivity contribution >= 4 is 17.9 Å². The summed E-state index contributed by atoms with van der Waals surface area (Å²) < 4.78 is 0. The van der Waals surface area contributed by atoms with Crippen LogP contribution in [0.15, 0.2) is 29.8 Å². The first kappa shape index (κ1) is 15.8. The number of benzene rings is 1. The molecule has 1 amide bonds. The molecule has 20 heavy (non-hydrogen) atoms. The van der Waals surface area contributed by atoms with Crippen LogP contribution in [0.3, 0.4) is 0 Å². The van der Waals surface area contributed by atoms with Gasteiger partial charge in [-0.15, -0.1) is 0 Å². The molecule has 0 saturated carbocycles. The van der Waals surface area contributed by atoms with Gasteiger partial charge in [-0.2, -0.15) is 0 Å². The van der Waals surface area contributed by atoms with Gasteiger partial charge in [0.25, 0.3) is 5.91 Å². The smallest absolute Gasteiger partial charge is 0.251 e. The highest BCUT2D eigenvalue weighted by molar-refractivity contribution is 5.94. The molecule has 1 aromatic carbocycles. The van der Waals surface area contributed by atoms with E-state index in [1.165, 1.54) is 0 Å². The van der Waals surface area contributed by atoms with E-state index in [1.807, 2.05) is 6.07 Å². The van der Waals surface area contributed by atoms with Crippen molar-refractivity contribution in [3.63, 3.8) is 0 Å². The van der Waals surface area contributed by atoms with Crippen LogP contribution in [0.25, 0.3) is 6.08 Å². The highest BCUT2D eigenvalue weighted by Crippen LogP contribution is 2.15. The summed E-state index contributed by atoms with van der Waals surface area (Å²) in [7, 11) is 0. The third-order valence-corrected chi connectivity index (χ3v) is 2.88. The van der Waals surface area contributed by atoms with Gasteiger partial charge in [0.1, 0.15) is 0 Å². The molecule has 5 nitrogen and oxygen atoms in total. The standard InChI is InChI=1S/C15H22N4O/c1-3-5-8-18-14(20)12-6-7-13(10-19-15(16)17)11(4-2)9-12/h4,6-7,9H,2-3,5,8,10H2,1H3,(H,18,20)(H4,16,17,19). The van der Waals surface area contributed by atoms with Crippen LogP contribution in [-0.4, -0.2) is 18.4 Å². The van der Waals surface area contributed by atoms with Crippen LogP contribution in [0.4, 0.5) is 0 Å². The van der Waals surface area contributed by atoms with Gasteiger partial charge in [0.2, 0.25) is 0 Å². The Morgan fingerprint density at radius 1 is 1.45 bits per heavy atom. The Balaban J connectivity index is 2.83. The summed E-state index contributed by atoms with van der Waals surface area (Å²) in [4.78, 5) is 15.9. The Hall–Kier alpha value is -2.30. The molecule has 0 fully saturated rings. The number of guanidine groups is 1. The second-order valence-corrected chi connectivity index (χ2v) is 4.47. The van der Waals surface area contributed by atoms with Crippen LogP contribution < -0.4 is 16.8 Å². The number of hydrogen-bond acceptors (Lipinski definition) is 2. The number of carbonyl (C=O) groups excluding carboxylic acids is 1. The zero-order valence-electron chi connectivity index (χ0n) is 11.9. The van der Waals surface area contributed by atoms with Crippen molar-refractivity contribution in [2.45, 2.75) is 26.3 Å². The highest BCUT2D eigenvalue weighted by Gasteiger charge is 2.07. The van der Waals surface area contributed by atoms with Gasteiger partial charge in [-0.3, -0.25) is 4.79 Å². The van der Waals surface area contributed by atoms with Gasteiger partial charge in [-0.1, -0.05) is 32.1 Å². The van der Waals surface area contributed by atoms with Crippen molar-refractivity contribution in [2.24, 2.45) is 16.5 Å². The third kappa shape index (κ3) is 4.76. The van der Waals surface area contributed by atoms with E-state index in [0.717, 1.165) is 24.0 Å². The molecule has 0 radical (unpaired) electrons. The van der Waals surface area contributed by atoms with Crippen molar-refractivity contribution in [2.75, 3.05) is 6.54 Å². The molecule has 0 aliphatic carbocycles. The first-order valence-electron chi connectivity index (χ1n) is 6.67. The van der Waals surface area contributed by atoms with Gasteiger partial charge in [-0.05, 0) is 29.7 Å². The predicted molar refractivity (Wildman–Crippen MR) is 83.3 cm³/mol. The minimum Gasteiger partial charge on any atom is -0.370 e. The van der Waals surface area contributed by atoms with E-state index in [1.54, 1.807) is 18.2 Å². The predicted octanol–water partition coefficient (Wildman–Crippen LogP) is 1.63. The summed E-state index contributed by atoms with van der Waals surface area (Å²) in [5.41, 5.74) is 13.0. The average Bonchev–Trinajstić information content (AvgIpc) is 2.44. The van der Waals surface area contributed by atoms with Crippen molar-refractivity contribution in [1.29, 1.82) is 0 Å². The first-order valence-corrected chi connectivity index (χ1v) is 6.67. The molecule has 1 aromatic rings. The fourth-order valence-corrected chi connectivity index (χ4v) is 1.73. The van der Waals surface area contributed by atoms with Crippen molar-refractivity contribution in [3.8, 4) is 0 Å². The van der Waals surface area contributed by atoms with Crippen molar-refractivity contribution < 1.29 is 4.79 Å². The summed E-state index contributed by atoms with van der Waals surface area (Å²) in [5, 5.41) is 2.88. The maximum Gasteiger partial charge on any atom is 0.251 e. The number of aliphatic imine (C=N–C) groups is 1. The molecule has 0 unspecified atom stereocenters. The van der Waals surface area contributed by atoms with Gasteiger partial charge >= 0.3 is 0 Å².